The third kappa shape index (κ3) is 8.33. The fourth-order valence-corrected chi connectivity index (χ4v) is 4.67. The van der Waals surface area contributed by atoms with Gasteiger partial charge in [-0.15, -0.1) is 11.8 Å². The fraction of sp³-hybridized carbons (Fsp3) is 0.0938. The number of nitrogens with one attached hydrogen (secondary N) is 2. The standard InChI is InChI=1S/C32H27ClN2O4S/c1-2-39-27-15-11-23(12-16-27)30(36)21-40-28-17-13-26(14-18-28)34-32(38)29(20-22-7-6-10-25(33)19-22)35-31(37)24-8-4-3-5-9-24/h3-20H,2,21H2,1H3,(H,34,38)(H,35,37)/b29-20-. The second-order valence-electron chi connectivity index (χ2n) is 8.58. The van der Waals surface area contributed by atoms with E-state index in [1.807, 2.05) is 25.1 Å². The van der Waals surface area contributed by atoms with E-state index in [-0.39, 0.29) is 17.2 Å². The number of rotatable bonds is 11. The minimum Gasteiger partial charge on any atom is -0.494 e. The third-order valence-corrected chi connectivity index (χ3v) is 6.91. The van der Waals surface area contributed by atoms with Crippen molar-refractivity contribution in [3.63, 3.8) is 0 Å². The number of amides is 2. The summed E-state index contributed by atoms with van der Waals surface area (Å²) in [4.78, 5) is 39.4. The van der Waals surface area contributed by atoms with Crippen molar-refractivity contribution >= 4 is 52.7 Å². The van der Waals surface area contributed by atoms with Crippen molar-refractivity contribution in [2.75, 3.05) is 17.7 Å². The zero-order valence-electron chi connectivity index (χ0n) is 21.7. The van der Waals surface area contributed by atoms with Crippen LogP contribution in [0.2, 0.25) is 5.02 Å². The number of benzene rings is 4. The van der Waals surface area contributed by atoms with Crippen LogP contribution in [0.15, 0.2) is 114 Å². The molecule has 0 saturated heterocycles. The van der Waals surface area contributed by atoms with Gasteiger partial charge in [0.25, 0.3) is 11.8 Å². The van der Waals surface area contributed by atoms with Gasteiger partial charge in [0.1, 0.15) is 11.4 Å². The van der Waals surface area contributed by atoms with E-state index in [0.717, 1.165) is 10.6 Å². The van der Waals surface area contributed by atoms with Crippen molar-refractivity contribution < 1.29 is 19.1 Å². The summed E-state index contributed by atoms with van der Waals surface area (Å²) in [5.74, 6) is 0.116. The molecule has 202 valence electrons. The Kier molecular flexibility index (Phi) is 10.2. The largest absolute Gasteiger partial charge is 0.494 e. The first-order valence-electron chi connectivity index (χ1n) is 12.5. The quantitative estimate of drug-likeness (QED) is 0.114. The minimum atomic E-state index is -0.490. The zero-order valence-corrected chi connectivity index (χ0v) is 23.3. The SMILES string of the molecule is CCOc1ccc(C(=O)CSc2ccc(NC(=O)/C(=C/c3cccc(Cl)c3)NC(=O)c3ccccc3)cc2)cc1. The molecule has 0 heterocycles. The molecule has 0 bridgehead atoms. The molecule has 0 unspecified atom stereocenters. The predicted octanol–water partition coefficient (Wildman–Crippen LogP) is 7.12. The van der Waals surface area contributed by atoms with Gasteiger partial charge < -0.3 is 15.4 Å². The number of ether oxygens (including phenoxy) is 1. The second kappa shape index (κ2) is 14.2. The van der Waals surface area contributed by atoms with E-state index in [9.17, 15) is 14.4 Å². The summed E-state index contributed by atoms with van der Waals surface area (Å²) >= 11 is 7.51. The molecule has 2 amide bonds. The third-order valence-electron chi connectivity index (χ3n) is 5.66. The number of anilines is 1. The maximum atomic E-state index is 13.2. The van der Waals surface area contributed by atoms with Crippen LogP contribution in [0.25, 0.3) is 6.08 Å². The Labute approximate surface area is 242 Å². The maximum Gasteiger partial charge on any atom is 0.272 e. The van der Waals surface area contributed by atoms with Crippen molar-refractivity contribution in [3.05, 3.63) is 131 Å². The highest BCUT2D eigenvalue weighted by molar-refractivity contribution is 8.00. The van der Waals surface area contributed by atoms with E-state index in [1.165, 1.54) is 11.8 Å². The molecule has 6 nitrogen and oxygen atoms in total. The number of thioether (sulfide) groups is 1. The number of hydrogen-bond donors (Lipinski definition) is 2. The molecular weight excluding hydrogens is 544 g/mol. The van der Waals surface area contributed by atoms with Crippen LogP contribution in [0.4, 0.5) is 5.69 Å². The molecule has 0 aliphatic heterocycles. The molecule has 0 aliphatic carbocycles. The fourth-order valence-electron chi connectivity index (χ4n) is 3.67. The topological polar surface area (TPSA) is 84.5 Å². The van der Waals surface area contributed by atoms with Crippen LogP contribution in [0.5, 0.6) is 5.75 Å². The summed E-state index contributed by atoms with van der Waals surface area (Å²) in [6.07, 6.45) is 1.57. The van der Waals surface area contributed by atoms with E-state index >= 15 is 0 Å². The lowest BCUT2D eigenvalue weighted by Crippen LogP contribution is -2.30. The van der Waals surface area contributed by atoms with E-state index in [2.05, 4.69) is 10.6 Å². The Bertz CT molecular complexity index is 1500. The summed E-state index contributed by atoms with van der Waals surface area (Å²) in [6.45, 7) is 2.48. The molecule has 2 N–H and O–H groups in total. The monoisotopic (exact) mass is 570 g/mol. The summed E-state index contributed by atoms with van der Waals surface area (Å²) in [5, 5.41) is 6.04. The van der Waals surface area contributed by atoms with Crippen molar-refractivity contribution in [3.8, 4) is 5.75 Å². The summed E-state index contributed by atoms with van der Waals surface area (Å²) in [5.41, 5.74) is 2.31. The van der Waals surface area contributed by atoms with Gasteiger partial charge in [-0.05, 0) is 91.4 Å². The Morgan fingerprint density at radius 3 is 2.25 bits per heavy atom. The number of hydrogen-bond acceptors (Lipinski definition) is 5. The van der Waals surface area contributed by atoms with Crippen LogP contribution in [-0.4, -0.2) is 30.0 Å². The van der Waals surface area contributed by atoms with Gasteiger partial charge in [0.05, 0.1) is 12.4 Å². The first-order chi connectivity index (χ1) is 19.4. The average Bonchev–Trinajstić information content (AvgIpc) is 2.97. The Morgan fingerprint density at radius 2 is 1.57 bits per heavy atom. The van der Waals surface area contributed by atoms with Gasteiger partial charge in [0.15, 0.2) is 5.78 Å². The molecule has 40 heavy (non-hydrogen) atoms. The summed E-state index contributed by atoms with van der Waals surface area (Å²) < 4.78 is 5.42. The molecule has 0 fully saturated rings. The van der Waals surface area contributed by atoms with Crippen LogP contribution in [0, 0.1) is 0 Å². The highest BCUT2D eigenvalue weighted by Crippen LogP contribution is 2.23. The molecule has 0 aliphatic rings. The van der Waals surface area contributed by atoms with Crippen LogP contribution in [-0.2, 0) is 4.79 Å². The Morgan fingerprint density at radius 1 is 0.850 bits per heavy atom. The number of Topliss-reactive ketones (excluding diaryl/α,β-unsaturated/α-hetero) is 1. The van der Waals surface area contributed by atoms with Crippen LogP contribution in [0.3, 0.4) is 0 Å². The van der Waals surface area contributed by atoms with E-state index in [1.54, 1.807) is 91.0 Å². The molecule has 0 saturated carbocycles. The second-order valence-corrected chi connectivity index (χ2v) is 10.1. The highest BCUT2D eigenvalue weighted by Gasteiger charge is 2.15. The molecule has 8 heteroatoms. The molecule has 0 spiro atoms. The van der Waals surface area contributed by atoms with E-state index in [4.69, 9.17) is 16.3 Å². The maximum absolute atomic E-state index is 13.2. The molecule has 0 radical (unpaired) electrons. The first kappa shape index (κ1) is 28.7. The van der Waals surface area contributed by atoms with Crippen LogP contribution in [0.1, 0.15) is 33.2 Å². The molecule has 4 aromatic rings. The lowest BCUT2D eigenvalue weighted by atomic mass is 10.1. The van der Waals surface area contributed by atoms with Gasteiger partial charge in [-0.2, -0.15) is 0 Å². The summed E-state index contributed by atoms with van der Waals surface area (Å²) in [6, 6.07) is 29.9. The molecule has 4 rings (SSSR count). The van der Waals surface area contributed by atoms with Gasteiger partial charge in [-0.1, -0.05) is 41.9 Å². The number of carbonyl (C=O) groups excluding carboxylic acids is 3. The van der Waals surface area contributed by atoms with E-state index in [0.29, 0.717) is 34.0 Å². The summed E-state index contributed by atoms with van der Waals surface area (Å²) in [7, 11) is 0. The molecule has 0 atom stereocenters. The van der Waals surface area contributed by atoms with Crippen molar-refractivity contribution in [2.45, 2.75) is 11.8 Å². The van der Waals surface area contributed by atoms with Crippen molar-refractivity contribution in [2.24, 2.45) is 0 Å². The Hall–Kier alpha value is -4.33. The van der Waals surface area contributed by atoms with Gasteiger partial charge >= 0.3 is 0 Å². The average molecular weight is 571 g/mol. The number of carbonyl (C=O) groups is 3. The zero-order chi connectivity index (χ0) is 28.3. The van der Waals surface area contributed by atoms with Gasteiger partial charge in [0, 0.05) is 26.7 Å². The lowest BCUT2D eigenvalue weighted by molar-refractivity contribution is -0.113. The predicted molar refractivity (Wildman–Crippen MR) is 161 cm³/mol. The van der Waals surface area contributed by atoms with Crippen molar-refractivity contribution in [1.29, 1.82) is 0 Å². The Balaban J connectivity index is 1.41. The van der Waals surface area contributed by atoms with Gasteiger partial charge in [0.2, 0.25) is 0 Å². The molecule has 4 aromatic carbocycles. The smallest absolute Gasteiger partial charge is 0.272 e. The number of ketones is 1. The first-order valence-corrected chi connectivity index (χ1v) is 13.9. The molecular formula is C32H27ClN2O4S. The van der Waals surface area contributed by atoms with Crippen LogP contribution < -0.4 is 15.4 Å². The normalized spacial score (nSPS) is 11.0. The number of halogens is 1. The minimum absolute atomic E-state index is 0.00961. The lowest BCUT2D eigenvalue weighted by Gasteiger charge is -2.12. The van der Waals surface area contributed by atoms with Gasteiger partial charge in [-0.3, -0.25) is 14.4 Å². The van der Waals surface area contributed by atoms with E-state index < -0.39 is 11.8 Å². The van der Waals surface area contributed by atoms with Crippen LogP contribution >= 0.6 is 23.4 Å². The molecule has 0 aromatic heterocycles. The van der Waals surface area contributed by atoms with Gasteiger partial charge in [-0.25, -0.2) is 0 Å². The highest BCUT2D eigenvalue weighted by atomic mass is 35.5. The van der Waals surface area contributed by atoms with Crippen molar-refractivity contribution in [1.82, 2.24) is 5.32 Å².